The Morgan fingerprint density at radius 2 is 1.13 bits per heavy atom. The molecule has 0 saturated carbocycles. The first-order valence-electron chi connectivity index (χ1n) is 21.7. The molecule has 2 atom stereocenters. The second kappa shape index (κ2) is 14.5. The van der Waals surface area contributed by atoms with Gasteiger partial charge in [0.25, 0.3) is 0 Å². The zero-order valence-corrected chi connectivity index (χ0v) is 35.2. The molecule has 0 saturated heterocycles. The Morgan fingerprint density at radius 1 is 0.475 bits per heavy atom. The first kappa shape index (κ1) is 36.9. The van der Waals surface area contributed by atoms with Crippen LogP contribution in [0.15, 0.2) is 206 Å². The summed E-state index contributed by atoms with van der Waals surface area (Å²) in [5.74, 6) is 0.399. The SMILES string of the molecule is CC1C=C/C=C(/N(c2ccc3cc4ccccc4cc3c2)c2c3ccccc3c(Nc3cccc4ccccc34)c3cc4c(cc23)-c2ccccc2C4(C)C)C(C)/C=C\C=C/1. The number of rotatable bonds is 5. The zero-order chi connectivity index (χ0) is 41.2. The predicted octanol–water partition coefficient (Wildman–Crippen LogP) is 16.5. The van der Waals surface area contributed by atoms with E-state index >= 15 is 0 Å². The lowest BCUT2D eigenvalue weighted by molar-refractivity contribution is 0.661. The van der Waals surface area contributed by atoms with Crippen molar-refractivity contribution < 1.29 is 0 Å². The van der Waals surface area contributed by atoms with Gasteiger partial charge in [-0.1, -0.05) is 179 Å². The van der Waals surface area contributed by atoms with Crippen molar-refractivity contribution in [3.8, 4) is 11.1 Å². The maximum Gasteiger partial charge on any atom is 0.0617 e. The summed E-state index contributed by atoms with van der Waals surface area (Å²) >= 11 is 0. The minimum absolute atomic E-state index is 0.0893. The number of nitrogens with zero attached hydrogens (tertiary/aromatic N) is 1. The number of nitrogens with one attached hydrogen (secondary N) is 1. The molecule has 0 aliphatic heterocycles. The van der Waals surface area contributed by atoms with Crippen LogP contribution in [0, 0.1) is 11.8 Å². The largest absolute Gasteiger partial charge is 0.354 e. The van der Waals surface area contributed by atoms with Crippen molar-refractivity contribution in [2.75, 3.05) is 10.2 Å². The maximum atomic E-state index is 4.08. The molecule has 2 unspecified atom stereocenters. The van der Waals surface area contributed by atoms with Crippen molar-refractivity contribution in [2.24, 2.45) is 11.8 Å². The Balaban J connectivity index is 1.27. The Bertz CT molecular complexity index is 3350. The molecule has 0 bridgehead atoms. The Morgan fingerprint density at radius 3 is 1.97 bits per heavy atom. The second-order valence-corrected chi connectivity index (χ2v) is 17.5. The van der Waals surface area contributed by atoms with Crippen molar-refractivity contribution in [2.45, 2.75) is 33.1 Å². The van der Waals surface area contributed by atoms with Crippen LogP contribution in [0.5, 0.6) is 0 Å². The molecule has 9 aromatic carbocycles. The second-order valence-electron chi connectivity index (χ2n) is 17.5. The highest BCUT2D eigenvalue weighted by Gasteiger charge is 2.37. The summed E-state index contributed by atoms with van der Waals surface area (Å²) in [6.45, 7) is 9.34. The van der Waals surface area contributed by atoms with E-state index in [0.717, 1.165) is 17.1 Å². The van der Waals surface area contributed by atoms with Gasteiger partial charge in [-0.2, -0.15) is 0 Å². The highest BCUT2D eigenvalue weighted by Crippen LogP contribution is 2.54. The van der Waals surface area contributed by atoms with Crippen LogP contribution in [-0.4, -0.2) is 0 Å². The van der Waals surface area contributed by atoms with E-state index in [9.17, 15) is 0 Å². The first-order valence-corrected chi connectivity index (χ1v) is 21.7. The number of allylic oxidation sites excluding steroid dienone is 7. The van der Waals surface area contributed by atoms with Crippen molar-refractivity contribution >= 4 is 76.6 Å². The van der Waals surface area contributed by atoms with Gasteiger partial charge in [0, 0.05) is 55.3 Å². The first-order chi connectivity index (χ1) is 29.8. The minimum atomic E-state index is -0.170. The van der Waals surface area contributed by atoms with E-state index in [2.05, 4.69) is 238 Å². The Hall–Kier alpha value is -7.16. The van der Waals surface area contributed by atoms with E-state index in [4.69, 9.17) is 0 Å². The van der Waals surface area contributed by atoms with Crippen molar-refractivity contribution in [1.29, 1.82) is 0 Å². The fourth-order valence-corrected chi connectivity index (χ4v) is 10.1. The van der Waals surface area contributed by atoms with Gasteiger partial charge in [0.05, 0.1) is 11.4 Å². The third kappa shape index (κ3) is 6.17. The van der Waals surface area contributed by atoms with Crippen molar-refractivity contribution in [1.82, 2.24) is 0 Å². The Labute approximate surface area is 358 Å². The monoisotopic (exact) mass is 784 g/mol. The van der Waals surface area contributed by atoms with Crippen molar-refractivity contribution in [3.05, 3.63) is 217 Å². The van der Waals surface area contributed by atoms with Crippen LogP contribution < -0.4 is 10.2 Å². The number of fused-ring (bicyclic) bond motifs is 8. The van der Waals surface area contributed by atoms with Crippen LogP contribution in [0.4, 0.5) is 22.7 Å². The van der Waals surface area contributed by atoms with E-state index in [-0.39, 0.29) is 11.3 Å². The molecule has 0 radical (unpaired) electrons. The molecular formula is C59H48N2. The van der Waals surface area contributed by atoms with Crippen LogP contribution in [0.1, 0.15) is 38.8 Å². The molecule has 0 fully saturated rings. The van der Waals surface area contributed by atoms with Gasteiger partial charge in [0.2, 0.25) is 0 Å². The number of anilines is 4. The molecular weight excluding hydrogens is 737 g/mol. The Kier molecular flexibility index (Phi) is 8.79. The molecule has 294 valence electrons. The molecule has 11 rings (SSSR count). The van der Waals surface area contributed by atoms with Gasteiger partial charge in [-0.15, -0.1) is 0 Å². The van der Waals surface area contributed by atoms with Crippen LogP contribution in [0.25, 0.3) is 65.0 Å². The molecule has 2 nitrogen and oxygen atoms in total. The van der Waals surface area contributed by atoms with Gasteiger partial charge in [-0.25, -0.2) is 0 Å². The molecule has 0 aromatic heterocycles. The number of hydrogen-bond acceptors (Lipinski definition) is 2. The van der Waals surface area contributed by atoms with Gasteiger partial charge in [0.15, 0.2) is 0 Å². The summed E-state index contributed by atoms with van der Waals surface area (Å²) in [5.41, 5.74) is 10.9. The molecule has 2 heteroatoms. The van der Waals surface area contributed by atoms with Gasteiger partial charge >= 0.3 is 0 Å². The quantitative estimate of drug-likeness (QED) is 0.138. The number of hydrogen-bond donors (Lipinski definition) is 1. The van der Waals surface area contributed by atoms with E-state index < -0.39 is 0 Å². The third-order valence-electron chi connectivity index (χ3n) is 13.2. The van der Waals surface area contributed by atoms with E-state index in [0.29, 0.717) is 5.92 Å². The normalized spacial score (nSPS) is 18.8. The molecule has 9 aromatic rings. The lowest BCUT2D eigenvalue weighted by atomic mass is 9.81. The van der Waals surface area contributed by atoms with Crippen LogP contribution >= 0.6 is 0 Å². The van der Waals surface area contributed by atoms with Gasteiger partial charge in [-0.3, -0.25) is 0 Å². The number of benzene rings is 9. The fraction of sp³-hybridized carbons (Fsp3) is 0.119. The fourth-order valence-electron chi connectivity index (χ4n) is 10.1. The lowest BCUT2D eigenvalue weighted by Crippen LogP contribution is -2.22. The van der Waals surface area contributed by atoms with E-state index in [1.165, 1.54) is 87.5 Å². The van der Waals surface area contributed by atoms with Gasteiger partial charge in [-0.05, 0) is 104 Å². The molecule has 2 aliphatic carbocycles. The topological polar surface area (TPSA) is 15.3 Å². The molecule has 61 heavy (non-hydrogen) atoms. The van der Waals surface area contributed by atoms with Crippen LogP contribution in [-0.2, 0) is 5.41 Å². The summed E-state index contributed by atoms with van der Waals surface area (Å²) < 4.78 is 0. The molecule has 0 amide bonds. The third-order valence-corrected chi connectivity index (χ3v) is 13.2. The highest BCUT2D eigenvalue weighted by molar-refractivity contribution is 6.23. The molecule has 0 spiro atoms. The predicted molar refractivity (Wildman–Crippen MR) is 264 cm³/mol. The van der Waals surface area contributed by atoms with Gasteiger partial charge < -0.3 is 10.2 Å². The summed E-state index contributed by atoms with van der Waals surface area (Å²) in [4.78, 5) is 2.58. The summed E-state index contributed by atoms with van der Waals surface area (Å²) in [5, 5.41) is 16.2. The van der Waals surface area contributed by atoms with Crippen molar-refractivity contribution in [3.63, 3.8) is 0 Å². The standard InChI is InChI=1S/C59H48N2/c1-38-17-5-6-19-39(2)56(30-15-18-38)61(45-32-31-43-33-41-21-7-8-22-42(41)34-44(43)35-45)58-49-27-12-11-26-48(49)57(60-55-29-16-23-40-20-9-10-24-46(40)55)51-37-54-50(36-52(51)58)47-25-13-14-28-53(47)59(54,3)4/h5-39,60H,1-4H3/b17-5-,18-15?,19-6-,56-30+. The molecule has 0 heterocycles. The summed E-state index contributed by atoms with van der Waals surface area (Å²) in [6.07, 6.45) is 15.9. The van der Waals surface area contributed by atoms with Gasteiger partial charge in [0.1, 0.15) is 0 Å². The van der Waals surface area contributed by atoms with Crippen LogP contribution in [0.2, 0.25) is 0 Å². The summed E-state index contributed by atoms with van der Waals surface area (Å²) in [7, 11) is 0. The average molecular weight is 785 g/mol. The summed E-state index contributed by atoms with van der Waals surface area (Å²) in [6, 6.07) is 58.7. The molecule has 2 aliphatic rings. The lowest BCUT2D eigenvalue weighted by Gasteiger charge is -2.34. The minimum Gasteiger partial charge on any atom is -0.354 e. The van der Waals surface area contributed by atoms with E-state index in [1.807, 2.05) is 0 Å². The average Bonchev–Trinajstić information content (AvgIpc) is 3.51. The maximum absolute atomic E-state index is 4.08. The smallest absolute Gasteiger partial charge is 0.0617 e. The van der Waals surface area contributed by atoms with E-state index in [1.54, 1.807) is 0 Å². The zero-order valence-electron chi connectivity index (χ0n) is 35.2. The molecule has 1 N–H and O–H groups in total. The van der Waals surface area contributed by atoms with Crippen LogP contribution in [0.3, 0.4) is 0 Å². The highest BCUT2D eigenvalue weighted by atomic mass is 15.2.